The highest BCUT2D eigenvalue weighted by molar-refractivity contribution is 6.20. The Morgan fingerprint density at radius 2 is 2.17 bits per heavy atom. The second-order valence-electron chi connectivity index (χ2n) is 4.62. The van der Waals surface area contributed by atoms with Gasteiger partial charge in [0.1, 0.15) is 0 Å². The molecule has 0 radical (unpaired) electrons. The van der Waals surface area contributed by atoms with Crippen molar-refractivity contribution in [3.8, 4) is 0 Å². The van der Waals surface area contributed by atoms with Gasteiger partial charge in [0, 0.05) is 7.05 Å². The second-order valence-corrected chi connectivity index (χ2v) is 5.14. The van der Waals surface area contributed by atoms with E-state index in [1.54, 1.807) is 7.05 Å². The molecular formula is C14H18ClNO2. The zero-order valence-electron chi connectivity index (χ0n) is 10.8. The van der Waals surface area contributed by atoms with Crippen LogP contribution in [0.5, 0.6) is 0 Å². The van der Waals surface area contributed by atoms with Crippen LogP contribution in [0.2, 0.25) is 0 Å². The summed E-state index contributed by atoms with van der Waals surface area (Å²) in [5.74, 6) is -0.334. The van der Waals surface area contributed by atoms with Gasteiger partial charge < -0.3 is 4.42 Å². The minimum atomic E-state index is -0.334. The molecule has 98 valence electrons. The first-order valence-corrected chi connectivity index (χ1v) is 6.80. The third-order valence-electron chi connectivity index (χ3n) is 3.24. The summed E-state index contributed by atoms with van der Waals surface area (Å²) in [7, 11) is 1.70. The number of benzene rings is 1. The lowest BCUT2D eigenvalue weighted by Crippen LogP contribution is -2.08. The van der Waals surface area contributed by atoms with Gasteiger partial charge in [-0.3, -0.25) is 4.57 Å². The summed E-state index contributed by atoms with van der Waals surface area (Å²) >= 11 is 6.36. The third-order valence-corrected chi connectivity index (χ3v) is 3.71. The average Bonchev–Trinajstić information content (AvgIpc) is 2.65. The number of hydrogen-bond donors (Lipinski definition) is 0. The van der Waals surface area contributed by atoms with E-state index in [2.05, 4.69) is 6.92 Å². The smallest absolute Gasteiger partial charge is 0.408 e. The number of aromatic nitrogens is 1. The van der Waals surface area contributed by atoms with Gasteiger partial charge in [-0.25, -0.2) is 4.79 Å². The number of fused-ring (bicyclic) bond motifs is 1. The molecule has 0 N–H and O–H groups in total. The van der Waals surface area contributed by atoms with E-state index >= 15 is 0 Å². The summed E-state index contributed by atoms with van der Waals surface area (Å²) in [5, 5.41) is -0.00791. The molecule has 0 amide bonds. The fourth-order valence-electron chi connectivity index (χ4n) is 2.09. The number of aryl methyl sites for hydroxylation is 1. The van der Waals surface area contributed by atoms with Gasteiger partial charge in [0.15, 0.2) is 5.58 Å². The Labute approximate surface area is 111 Å². The van der Waals surface area contributed by atoms with Crippen molar-refractivity contribution < 1.29 is 4.42 Å². The van der Waals surface area contributed by atoms with Crippen molar-refractivity contribution in [1.29, 1.82) is 0 Å². The van der Waals surface area contributed by atoms with E-state index in [9.17, 15) is 4.79 Å². The van der Waals surface area contributed by atoms with Gasteiger partial charge in [0.2, 0.25) is 0 Å². The zero-order valence-corrected chi connectivity index (χ0v) is 11.5. The van der Waals surface area contributed by atoms with Crippen molar-refractivity contribution >= 4 is 22.7 Å². The van der Waals surface area contributed by atoms with Gasteiger partial charge in [-0.1, -0.05) is 32.3 Å². The monoisotopic (exact) mass is 267 g/mol. The van der Waals surface area contributed by atoms with Crippen molar-refractivity contribution in [2.24, 2.45) is 7.05 Å². The van der Waals surface area contributed by atoms with E-state index in [0.717, 1.165) is 23.9 Å². The van der Waals surface area contributed by atoms with Crippen molar-refractivity contribution in [2.75, 3.05) is 0 Å². The Bertz CT molecular complexity index is 585. The highest BCUT2D eigenvalue weighted by atomic mass is 35.5. The molecule has 0 aliphatic rings. The van der Waals surface area contributed by atoms with E-state index in [1.807, 2.05) is 18.2 Å². The van der Waals surface area contributed by atoms with Crippen molar-refractivity contribution in [1.82, 2.24) is 4.57 Å². The van der Waals surface area contributed by atoms with E-state index in [0.29, 0.717) is 5.58 Å². The van der Waals surface area contributed by atoms with E-state index in [4.69, 9.17) is 16.0 Å². The normalized spacial score (nSPS) is 13.1. The van der Waals surface area contributed by atoms with Crippen molar-refractivity contribution in [2.45, 2.75) is 38.0 Å². The number of halogens is 1. The van der Waals surface area contributed by atoms with Crippen LogP contribution in [0.25, 0.3) is 11.1 Å². The summed E-state index contributed by atoms with van der Waals surface area (Å²) in [6, 6.07) is 5.74. The topological polar surface area (TPSA) is 35.1 Å². The molecule has 1 heterocycles. The molecule has 3 nitrogen and oxygen atoms in total. The molecule has 0 spiro atoms. The van der Waals surface area contributed by atoms with Crippen LogP contribution in [0.3, 0.4) is 0 Å². The Morgan fingerprint density at radius 3 is 2.89 bits per heavy atom. The van der Waals surface area contributed by atoms with Gasteiger partial charge in [-0.2, -0.15) is 0 Å². The molecule has 0 saturated heterocycles. The van der Waals surface area contributed by atoms with Gasteiger partial charge >= 0.3 is 5.76 Å². The predicted molar refractivity (Wildman–Crippen MR) is 74.2 cm³/mol. The largest absolute Gasteiger partial charge is 0.419 e. The number of alkyl halides is 1. The average molecular weight is 268 g/mol. The molecule has 0 bridgehead atoms. The van der Waals surface area contributed by atoms with Crippen LogP contribution in [0.4, 0.5) is 0 Å². The number of unbranched alkanes of at least 4 members (excludes halogenated alkanes) is 2. The molecular weight excluding hydrogens is 250 g/mol. The van der Waals surface area contributed by atoms with E-state index < -0.39 is 0 Å². The summed E-state index contributed by atoms with van der Waals surface area (Å²) in [6.07, 6.45) is 4.47. The number of oxazole rings is 1. The fraction of sp³-hybridized carbons (Fsp3) is 0.500. The molecule has 2 rings (SSSR count). The minimum Gasteiger partial charge on any atom is -0.408 e. The first-order valence-electron chi connectivity index (χ1n) is 6.37. The summed E-state index contributed by atoms with van der Waals surface area (Å²) in [4.78, 5) is 11.4. The molecule has 0 saturated carbocycles. The third kappa shape index (κ3) is 2.61. The minimum absolute atomic E-state index is 0.00791. The maximum absolute atomic E-state index is 11.4. The Kier molecular flexibility index (Phi) is 4.12. The van der Waals surface area contributed by atoms with Crippen LogP contribution in [-0.2, 0) is 7.05 Å². The van der Waals surface area contributed by atoms with E-state index in [-0.39, 0.29) is 11.1 Å². The predicted octanol–water partition coefficient (Wildman–Crippen LogP) is 3.99. The molecule has 0 aliphatic heterocycles. The highest BCUT2D eigenvalue weighted by Crippen LogP contribution is 2.28. The van der Waals surface area contributed by atoms with Gasteiger partial charge in [0.25, 0.3) is 0 Å². The zero-order chi connectivity index (χ0) is 13.1. The van der Waals surface area contributed by atoms with Crippen LogP contribution in [0.15, 0.2) is 27.4 Å². The fourth-order valence-corrected chi connectivity index (χ4v) is 2.38. The number of nitrogens with zero attached hydrogens (tertiary/aromatic N) is 1. The molecule has 18 heavy (non-hydrogen) atoms. The van der Waals surface area contributed by atoms with Crippen LogP contribution >= 0.6 is 11.6 Å². The molecule has 0 fully saturated rings. The second kappa shape index (κ2) is 5.61. The molecule has 1 unspecified atom stereocenters. The Balaban J connectivity index is 2.21. The Morgan fingerprint density at radius 1 is 1.39 bits per heavy atom. The van der Waals surface area contributed by atoms with Crippen LogP contribution < -0.4 is 5.76 Å². The Hall–Kier alpha value is -1.22. The highest BCUT2D eigenvalue weighted by Gasteiger charge is 2.11. The maximum Gasteiger partial charge on any atom is 0.419 e. The summed E-state index contributed by atoms with van der Waals surface area (Å²) < 4.78 is 6.66. The molecule has 4 heteroatoms. The molecule has 0 aliphatic carbocycles. The van der Waals surface area contributed by atoms with E-state index in [1.165, 1.54) is 17.4 Å². The number of rotatable bonds is 5. The lowest BCUT2D eigenvalue weighted by Gasteiger charge is -2.09. The molecule has 1 aromatic heterocycles. The number of hydrogen-bond acceptors (Lipinski definition) is 2. The van der Waals surface area contributed by atoms with Gasteiger partial charge in [0.05, 0.1) is 10.9 Å². The van der Waals surface area contributed by atoms with Gasteiger partial charge in [-0.15, -0.1) is 11.6 Å². The molecule has 1 atom stereocenters. The summed E-state index contributed by atoms with van der Waals surface area (Å²) in [6.45, 7) is 2.17. The van der Waals surface area contributed by atoms with Crippen molar-refractivity contribution in [3.63, 3.8) is 0 Å². The quantitative estimate of drug-likeness (QED) is 0.606. The SMILES string of the molecule is CCCCCC(Cl)c1ccc2c(c1)oc(=O)n2C. The maximum atomic E-state index is 11.4. The van der Waals surface area contributed by atoms with Crippen LogP contribution in [0.1, 0.15) is 43.5 Å². The molecule has 1 aromatic carbocycles. The first-order chi connectivity index (χ1) is 8.63. The van der Waals surface area contributed by atoms with Crippen LogP contribution in [0, 0.1) is 0 Å². The standard InChI is InChI=1S/C14H18ClNO2/c1-3-4-5-6-11(15)10-7-8-12-13(9-10)18-14(17)16(12)2/h7-9,11H,3-6H2,1-2H3. The first kappa shape index (κ1) is 13.2. The summed E-state index contributed by atoms with van der Waals surface area (Å²) in [5.41, 5.74) is 2.44. The van der Waals surface area contributed by atoms with Gasteiger partial charge in [-0.05, 0) is 24.1 Å². The lowest BCUT2D eigenvalue weighted by atomic mass is 10.1. The molecule has 2 aromatic rings. The lowest BCUT2D eigenvalue weighted by molar-refractivity contribution is 0.527. The van der Waals surface area contributed by atoms with Crippen molar-refractivity contribution in [3.05, 3.63) is 34.3 Å². The van der Waals surface area contributed by atoms with Crippen LogP contribution in [-0.4, -0.2) is 4.57 Å².